The van der Waals surface area contributed by atoms with Crippen molar-refractivity contribution in [2.75, 3.05) is 13.2 Å². The predicted octanol–water partition coefficient (Wildman–Crippen LogP) is 3.24. The van der Waals surface area contributed by atoms with Crippen LogP contribution in [0.5, 0.6) is 5.75 Å². The number of rotatable bonds is 7. The van der Waals surface area contributed by atoms with E-state index in [2.05, 4.69) is 10.6 Å². The van der Waals surface area contributed by atoms with E-state index < -0.39 is 6.10 Å². The zero-order valence-electron chi connectivity index (χ0n) is 13.3. The Labute approximate surface area is 140 Å². The molecule has 0 aliphatic heterocycles. The van der Waals surface area contributed by atoms with Crippen LogP contribution in [-0.4, -0.2) is 24.3 Å². The number of aliphatic hydroxyl groups excluding tert-OH is 1. The lowest BCUT2D eigenvalue weighted by Crippen LogP contribution is -2.39. The van der Waals surface area contributed by atoms with Crippen LogP contribution in [0.25, 0.3) is 0 Å². The Bertz CT molecular complexity index is 599. The fourth-order valence-corrected chi connectivity index (χ4v) is 2.83. The van der Waals surface area contributed by atoms with Gasteiger partial charge in [-0.1, -0.05) is 12.1 Å². The summed E-state index contributed by atoms with van der Waals surface area (Å²) in [6.07, 6.45) is -0.687. The topological polar surface area (TPSA) is 70.6 Å². The molecule has 0 aliphatic carbocycles. The Hall–Kier alpha value is -2.05. The Morgan fingerprint density at radius 1 is 1.26 bits per heavy atom. The molecule has 2 amide bonds. The Morgan fingerprint density at radius 3 is 2.61 bits per heavy atom. The zero-order chi connectivity index (χ0) is 16.7. The van der Waals surface area contributed by atoms with E-state index >= 15 is 0 Å². The molecule has 1 heterocycles. The van der Waals surface area contributed by atoms with Crippen molar-refractivity contribution in [3.8, 4) is 5.75 Å². The monoisotopic (exact) mass is 334 g/mol. The minimum atomic E-state index is -0.687. The number of aliphatic hydroxyl groups is 1. The van der Waals surface area contributed by atoms with Crippen LogP contribution >= 0.6 is 11.3 Å². The molecule has 124 valence electrons. The first-order chi connectivity index (χ1) is 11.1. The van der Waals surface area contributed by atoms with Crippen LogP contribution in [0.15, 0.2) is 41.1 Å². The van der Waals surface area contributed by atoms with Crippen LogP contribution in [0.4, 0.5) is 4.79 Å². The number of hydrogen-bond acceptors (Lipinski definition) is 4. The smallest absolute Gasteiger partial charge is 0.315 e. The summed E-state index contributed by atoms with van der Waals surface area (Å²) in [5.74, 6) is 0.812. The predicted molar refractivity (Wildman–Crippen MR) is 91.8 cm³/mol. The van der Waals surface area contributed by atoms with Crippen LogP contribution in [0.3, 0.4) is 0 Å². The molecule has 0 unspecified atom stereocenters. The lowest BCUT2D eigenvalue weighted by molar-refractivity contribution is 0.173. The van der Waals surface area contributed by atoms with Gasteiger partial charge in [0.05, 0.1) is 18.8 Å². The van der Waals surface area contributed by atoms with E-state index in [-0.39, 0.29) is 18.6 Å². The minimum absolute atomic E-state index is 0.135. The van der Waals surface area contributed by atoms with Crippen molar-refractivity contribution in [3.63, 3.8) is 0 Å². The molecule has 0 spiro atoms. The third kappa shape index (κ3) is 5.26. The molecule has 3 N–H and O–H groups in total. The van der Waals surface area contributed by atoms with Crippen molar-refractivity contribution in [1.82, 2.24) is 10.6 Å². The van der Waals surface area contributed by atoms with E-state index in [1.165, 1.54) is 11.3 Å². The molecule has 23 heavy (non-hydrogen) atoms. The molecule has 6 heteroatoms. The van der Waals surface area contributed by atoms with Gasteiger partial charge in [-0.3, -0.25) is 0 Å². The minimum Gasteiger partial charge on any atom is -0.494 e. The molecular weight excluding hydrogens is 312 g/mol. The molecule has 0 bridgehead atoms. The summed E-state index contributed by atoms with van der Waals surface area (Å²) in [5, 5.41) is 19.2. The Kier molecular flexibility index (Phi) is 6.43. The molecule has 1 aromatic heterocycles. The highest BCUT2D eigenvalue weighted by molar-refractivity contribution is 7.07. The summed E-state index contributed by atoms with van der Waals surface area (Å²) in [5.41, 5.74) is 1.80. The Balaban J connectivity index is 1.79. The van der Waals surface area contributed by atoms with Crippen molar-refractivity contribution in [3.05, 3.63) is 52.2 Å². The molecule has 2 rings (SSSR count). The summed E-state index contributed by atoms with van der Waals surface area (Å²) >= 11 is 1.52. The van der Waals surface area contributed by atoms with Gasteiger partial charge in [0.15, 0.2) is 0 Å². The standard InChI is InChI=1S/C17H22N2O3S/c1-3-22-15-6-4-13(5-7-15)12(2)19-17(21)18-10-16(20)14-8-9-23-11-14/h4-9,11-12,16,20H,3,10H2,1-2H3,(H2,18,19,21)/t12-,16+/m0/s1. The first-order valence-corrected chi connectivity index (χ1v) is 8.51. The lowest BCUT2D eigenvalue weighted by Gasteiger charge is -2.17. The summed E-state index contributed by atoms with van der Waals surface area (Å²) in [6.45, 7) is 4.65. The highest BCUT2D eigenvalue weighted by Gasteiger charge is 2.12. The van der Waals surface area contributed by atoms with Gasteiger partial charge in [0.25, 0.3) is 0 Å². The number of carbonyl (C=O) groups is 1. The van der Waals surface area contributed by atoms with Crippen molar-refractivity contribution in [2.24, 2.45) is 0 Å². The van der Waals surface area contributed by atoms with Gasteiger partial charge in [-0.25, -0.2) is 4.79 Å². The normalized spacial score (nSPS) is 13.2. The van der Waals surface area contributed by atoms with Gasteiger partial charge in [-0.2, -0.15) is 11.3 Å². The van der Waals surface area contributed by atoms with Crippen molar-refractivity contribution in [2.45, 2.75) is 26.0 Å². The number of thiophene rings is 1. The van der Waals surface area contributed by atoms with Gasteiger partial charge in [0.2, 0.25) is 0 Å². The average Bonchev–Trinajstić information content (AvgIpc) is 3.08. The second-order valence-corrected chi connectivity index (χ2v) is 5.93. The highest BCUT2D eigenvalue weighted by atomic mass is 32.1. The largest absolute Gasteiger partial charge is 0.494 e. The number of amides is 2. The molecule has 2 atom stereocenters. The molecule has 2 aromatic rings. The first kappa shape index (κ1) is 17.3. The van der Waals surface area contributed by atoms with E-state index in [9.17, 15) is 9.90 Å². The number of urea groups is 1. The van der Waals surface area contributed by atoms with Gasteiger partial charge < -0.3 is 20.5 Å². The molecule has 1 aromatic carbocycles. The molecule has 5 nitrogen and oxygen atoms in total. The van der Waals surface area contributed by atoms with E-state index in [1.54, 1.807) is 0 Å². The number of benzene rings is 1. The van der Waals surface area contributed by atoms with E-state index in [1.807, 2.05) is 54.9 Å². The number of hydrogen-bond donors (Lipinski definition) is 3. The molecule has 0 radical (unpaired) electrons. The van der Waals surface area contributed by atoms with Crippen LogP contribution in [0.2, 0.25) is 0 Å². The van der Waals surface area contributed by atoms with Gasteiger partial charge in [-0.05, 0) is 53.9 Å². The number of carbonyl (C=O) groups excluding carboxylic acids is 1. The van der Waals surface area contributed by atoms with E-state index in [0.29, 0.717) is 6.61 Å². The van der Waals surface area contributed by atoms with Gasteiger partial charge in [0.1, 0.15) is 5.75 Å². The second kappa shape index (κ2) is 8.55. The molecule has 0 saturated carbocycles. The van der Waals surface area contributed by atoms with Gasteiger partial charge in [-0.15, -0.1) is 0 Å². The lowest BCUT2D eigenvalue weighted by atomic mass is 10.1. The van der Waals surface area contributed by atoms with Crippen LogP contribution in [0.1, 0.15) is 37.1 Å². The summed E-state index contributed by atoms with van der Waals surface area (Å²) in [7, 11) is 0. The second-order valence-electron chi connectivity index (χ2n) is 5.15. The maximum atomic E-state index is 11.9. The maximum Gasteiger partial charge on any atom is 0.315 e. The third-order valence-electron chi connectivity index (χ3n) is 3.42. The van der Waals surface area contributed by atoms with Crippen LogP contribution in [0, 0.1) is 0 Å². The maximum absolute atomic E-state index is 11.9. The quantitative estimate of drug-likeness (QED) is 0.728. The van der Waals surface area contributed by atoms with Gasteiger partial charge in [0, 0.05) is 6.54 Å². The average molecular weight is 334 g/mol. The third-order valence-corrected chi connectivity index (χ3v) is 4.12. The Morgan fingerprint density at radius 2 is 2.00 bits per heavy atom. The molecule has 0 fully saturated rings. The summed E-state index contributed by atoms with van der Waals surface area (Å²) in [4.78, 5) is 11.9. The fraction of sp³-hybridized carbons (Fsp3) is 0.353. The SMILES string of the molecule is CCOc1ccc([C@H](C)NC(=O)NC[C@@H](O)c2ccsc2)cc1. The molecule has 0 saturated heterocycles. The number of ether oxygens (including phenoxy) is 1. The number of nitrogens with one attached hydrogen (secondary N) is 2. The molecular formula is C17H22N2O3S. The first-order valence-electron chi connectivity index (χ1n) is 7.57. The molecule has 0 aliphatic rings. The van der Waals surface area contributed by atoms with Crippen molar-refractivity contribution in [1.29, 1.82) is 0 Å². The van der Waals surface area contributed by atoms with Crippen LogP contribution in [-0.2, 0) is 0 Å². The van der Waals surface area contributed by atoms with Crippen LogP contribution < -0.4 is 15.4 Å². The van der Waals surface area contributed by atoms with E-state index in [0.717, 1.165) is 16.9 Å². The summed E-state index contributed by atoms with van der Waals surface area (Å²) in [6, 6.07) is 9.03. The van der Waals surface area contributed by atoms with Crippen molar-refractivity contribution >= 4 is 17.4 Å². The van der Waals surface area contributed by atoms with Crippen molar-refractivity contribution < 1.29 is 14.6 Å². The summed E-state index contributed by atoms with van der Waals surface area (Å²) < 4.78 is 5.40. The highest BCUT2D eigenvalue weighted by Crippen LogP contribution is 2.18. The van der Waals surface area contributed by atoms with E-state index in [4.69, 9.17) is 4.74 Å². The fourth-order valence-electron chi connectivity index (χ4n) is 2.12. The van der Waals surface area contributed by atoms with Gasteiger partial charge >= 0.3 is 6.03 Å². The zero-order valence-corrected chi connectivity index (χ0v) is 14.1.